The number of benzene rings is 1. The molecule has 4 aromatic rings. The van der Waals surface area contributed by atoms with E-state index in [-0.39, 0.29) is 5.43 Å². The van der Waals surface area contributed by atoms with Crippen LogP contribution in [0.4, 0.5) is 5.69 Å². The first-order valence-electron chi connectivity index (χ1n) is 9.88. The van der Waals surface area contributed by atoms with Crippen LogP contribution in [0.25, 0.3) is 32.8 Å². The Kier molecular flexibility index (Phi) is 4.80. The third-order valence-corrected chi connectivity index (χ3v) is 6.67. The van der Waals surface area contributed by atoms with E-state index in [9.17, 15) is 9.00 Å². The number of nitrogens with one attached hydrogen (secondary N) is 1. The van der Waals surface area contributed by atoms with E-state index in [2.05, 4.69) is 14.8 Å². The van der Waals surface area contributed by atoms with E-state index >= 15 is 0 Å². The highest BCUT2D eigenvalue weighted by atomic mass is 32.2. The molecule has 1 saturated heterocycles. The van der Waals surface area contributed by atoms with Crippen LogP contribution in [0.15, 0.2) is 59.8 Å². The molecule has 0 radical (unpaired) electrons. The second-order valence-electron chi connectivity index (χ2n) is 7.51. The van der Waals surface area contributed by atoms with E-state index in [1.165, 1.54) is 0 Å². The summed E-state index contributed by atoms with van der Waals surface area (Å²) in [5.41, 5.74) is 2.96. The average Bonchev–Trinajstić information content (AvgIpc) is 3.42. The van der Waals surface area contributed by atoms with Crippen molar-refractivity contribution in [2.75, 3.05) is 17.8 Å². The Morgan fingerprint density at radius 1 is 1.00 bits per heavy atom. The van der Waals surface area contributed by atoms with Gasteiger partial charge in [-0.2, -0.15) is 5.10 Å². The summed E-state index contributed by atoms with van der Waals surface area (Å²) in [6, 6.07) is 11.1. The maximum absolute atomic E-state index is 13.4. The van der Waals surface area contributed by atoms with Gasteiger partial charge in [-0.1, -0.05) is 12.1 Å². The molecule has 1 N–H and O–H groups in total. The van der Waals surface area contributed by atoms with E-state index in [4.69, 9.17) is 0 Å². The lowest BCUT2D eigenvalue weighted by molar-refractivity contribution is 0.540. The van der Waals surface area contributed by atoms with Gasteiger partial charge in [0.1, 0.15) is 0 Å². The second-order valence-corrected chi connectivity index (χ2v) is 8.73. The molecular formula is C22H21N5O2S. The van der Waals surface area contributed by atoms with Crippen LogP contribution >= 0.6 is 0 Å². The number of aryl methyl sites for hydroxylation is 1. The normalized spacial score (nSPS) is 15.6. The Balaban J connectivity index is 1.61. The molecule has 1 aliphatic heterocycles. The van der Waals surface area contributed by atoms with Crippen molar-refractivity contribution in [3.63, 3.8) is 0 Å². The van der Waals surface area contributed by atoms with Gasteiger partial charge in [-0.3, -0.25) is 19.2 Å². The van der Waals surface area contributed by atoms with Crippen molar-refractivity contribution in [1.29, 1.82) is 0 Å². The first-order valence-corrected chi connectivity index (χ1v) is 11.0. The largest absolute Gasteiger partial charge is 0.292 e. The van der Waals surface area contributed by atoms with Gasteiger partial charge in [0.25, 0.3) is 0 Å². The lowest BCUT2D eigenvalue weighted by atomic mass is 10.1. The summed E-state index contributed by atoms with van der Waals surface area (Å²) in [5.74, 6) is 0. The standard InChI is InChI=1S/C22H21N5O2S/c1-26-14-17(13-24-26)16-10-20-21(23-12-16)7-5-15-4-6-18(11-19(15)22(20)28)25-30(29)27-8-2-3-9-27/h4-7,10-14,25H,2-3,8-9H2,1H3. The zero-order valence-corrected chi connectivity index (χ0v) is 17.4. The van der Waals surface area contributed by atoms with Crippen LogP contribution in [-0.2, 0) is 18.2 Å². The summed E-state index contributed by atoms with van der Waals surface area (Å²) in [7, 11) is 1.85. The minimum atomic E-state index is -1.30. The minimum Gasteiger partial charge on any atom is -0.292 e. The number of hydrogen-bond acceptors (Lipinski definition) is 4. The van der Waals surface area contributed by atoms with Crippen LogP contribution in [0, 0.1) is 0 Å². The molecule has 152 valence electrons. The number of anilines is 1. The van der Waals surface area contributed by atoms with Crippen molar-refractivity contribution in [1.82, 2.24) is 19.1 Å². The third kappa shape index (κ3) is 3.48. The van der Waals surface area contributed by atoms with Gasteiger partial charge >= 0.3 is 0 Å². The van der Waals surface area contributed by atoms with Gasteiger partial charge in [0.05, 0.1) is 11.7 Å². The smallest absolute Gasteiger partial charge is 0.196 e. The number of pyridine rings is 1. The summed E-state index contributed by atoms with van der Waals surface area (Å²) >= 11 is -1.30. The molecule has 3 heterocycles. The summed E-state index contributed by atoms with van der Waals surface area (Å²) in [4.78, 5) is 17.9. The van der Waals surface area contributed by atoms with Gasteiger partial charge in [-0.15, -0.1) is 0 Å². The first kappa shape index (κ1) is 18.9. The van der Waals surface area contributed by atoms with Crippen LogP contribution in [0.3, 0.4) is 0 Å². The predicted octanol–water partition coefficient (Wildman–Crippen LogP) is 3.24. The molecule has 1 unspecified atom stereocenters. The molecule has 2 aromatic heterocycles. The highest BCUT2D eigenvalue weighted by Crippen LogP contribution is 2.23. The van der Waals surface area contributed by atoms with Gasteiger partial charge in [-0.25, -0.2) is 8.51 Å². The van der Waals surface area contributed by atoms with Crippen LogP contribution in [0.5, 0.6) is 0 Å². The maximum atomic E-state index is 13.4. The van der Waals surface area contributed by atoms with Crippen molar-refractivity contribution in [3.8, 4) is 11.1 Å². The fourth-order valence-corrected chi connectivity index (χ4v) is 4.86. The molecule has 2 aromatic carbocycles. The highest BCUT2D eigenvalue weighted by Gasteiger charge is 2.18. The van der Waals surface area contributed by atoms with Crippen LogP contribution in [0.2, 0.25) is 0 Å². The van der Waals surface area contributed by atoms with E-state index in [1.807, 2.05) is 47.9 Å². The van der Waals surface area contributed by atoms with Crippen LogP contribution in [-0.4, -0.2) is 36.4 Å². The zero-order chi connectivity index (χ0) is 20.7. The Hall–Kier alpha value is -3.10. The zero-order valence-electron chi connectivity index (χ0n) is 16.5. The van der Waals surface area contributed by atoms with Gasteiger partial charge in [-0.05, 0) is 42.5 Å². The van der Waals surface area contributed by atoms with Gasteiger partial charge in [0.2, 0.25) is 0 Å². The molecule has 7 nitrogen and oxygen atoms in total. The van der Waals surface area contributed by atoms with Crippen LogP contribution in [0.1, 0.15) is 12.8 Å². The number of hydrogen-bond donors (Lipinski definition) is 1. The van der Waals surface area contributed by atoms with E-state index in [0.717, 1.165) is 42.4 Å². The minimum absolute atomic E-state index is 0.0983. The SMILES string of the molecule is Cn1cc(-c2cnc3ccc4ccc(NS(=O)N5CCCC5)cc4c(=O)c3c2)cn1. The van der Waals surface area contributed by atoms with E-state index in [1.54, 1.807) is 23.1 Å². The fourth-order valence-electron chi connectivity index (χ4n) is 3.81. The molecule has 1 aliphatic rings. The molecular weight excluding hydrogens is 398 g/mol. The first-order chi connectivity index (χ1) is 14.6. The third-order valence-electron chi connectivity index (χ3n) is 5.42. The molecule has 1 fully saturated rings. The molecule has 0 amide bonds. The highest BCUT2D eigenvalue weighted by molar-refractivity contribution is 7.84. The predicted molar refractivity (Wildman–Crippen MR) is 120 cm³/mol. The number of rotatable bonds is 4. The van der Waals surface area contributed by atoms with Crippen LogP contribution < -0.4 is 10.2 Å². The van der Waals surface area contributed by atoms with Crippen molar-refractivity contribution < 1.29 is 4.21 Å². The lowest BCUT2D eigenvalue weighted by Crippen LogP contribution is -2.27. The van der Waals surface area contributed by atoms with E-state index in [0.29, 0.717) is 22.0 Å². The van der Waals surface area contributed by atoms with Crippen molar-refractivity contribution >= 4 is 38.5 Å². The molecule has 1 atom stereocenters. The summed E-state index contributed by atoms with van der Waals surface area (Å²) in [5, 5.41) is 6.13. The fraction of sp³-hybridized carbons (Fsp3) is 0.227. The maximum Gasteiger partial charge on any atom is 0.196 e. The molecule has 5 rings (SSSR count). The average molecular weight is 420 g/mol. The number of aromatic nitrogens is 3. The Labute approximate surface area is 176 Å². The molecule has 0 aliphatic carbocycles. The summed E-state index contributed by atoms with van der Waals surface area (Å²) in [6.07, 6.45) is 7.53. The molecule has 8 heteroatoms. The van der Waals surface area contributed by atoms with Crippen molar-refractivity contribution in [3.05, 3.63) is 65.2 Å². The van der Waals surface area contributed by atoms with Gasteiger partial charge < -0.3 is 0 Å². The Bertz CT molecular complexity index is 1340. The van der Waals surface area contributed by atoms with Crippen molar-refractivity contribution in [2.24, 2.45) is 7.05 Å². The Morgan fingerprint density at radius 2 is 1.80 bits per heavy atom. The second kappa shape index (κ2) is 7.62. The van der Waals surface area contributed by atoms with Crippen molar-refractivity contribution in [2.45, 2.75) is 12.8 Å². The Morgan fingerprint density at radius 3 is 2.57 bits per heavy atom. The number of fused-ring (bicyclic) bond motifs is 2. The summed E-state index contributed by atoms with van der Waals surface area (Å²) in [6.45, 7) is 1.64. The molecule has 0 saturated carbocycles. The molecule has 0 spiro atoms. The van der Waals surface area contributed by atoms with Gasteiger partial charge in [0, 0.05) is 60.1 Å². The molecule has 0 bridgehead atoms. The van der Waals surface area contributed by atoms with E-state index < -0.39 is 11.2 Å². The van der Waals surface area contributed by atoms with Gasteiger partial charge in [0.15, 0.2) is 16.6 Å². The number of nitrogens with zero attached hydrogens (tertiary/aromatic N) is 4. The topological polar surface area (TPSA) is 80.1 Å². The lowest BCUT2D eigenvalue weighted by Gasteiger charge is -2.15. The monoisotopic (exact) mass is 419 g/mol. The molecule has 30 heavy (non-hydrogen) atoms. The summed E-state index contributed by atoms with van der Waals surface area (Å²) < 4.78 is 19.2. The quantitative estimate of drug-likeness (QED) is 0.551.